The molecular formula is C32H36N4O2. The monoisotopic (exact) mass is 508 g/mol. The van der Waals surface area contributed by atoms with Crippen molar-refractivity contribution < 1.29 is 9.26 Å². The molecule has 0 atom stereocenters. The van der Waals surface area contributed by atoms with Gasteiger partial charge in [-0.25, -0.2) is 0 Å². The lowest BCUT2D eigenvalue weighted by Crippen LogP contribution is -2.33. The number of likely N-dealkylation sites (tertiary alicyclic amines) is 1. The Hall–Kier alpha value is -3.66. The Balaban J connectivity index is 1.23. The van der Waals surface area contributed by atoms with Gasteiger partial charge < -0.3 is 14.2 Å². The second-order valence-corrected chi connectivity index (χ2v) is 10.6. The molecule has 0 spiro atoms. The Morgan fingerprint density at radius 3 is 2.55 bits per heavy atom. The molecule has 0 radical (unpaired) electrons. The molecule has 3 aromatic carbocycles. The highest BCUT2D eigenvalue weighted by atomic mass is 16.5. The van der Waals surface area contributed by atoms with Gasteiger partial charge in [-0.3, -0.25) is 4.90 Å². The van der Waals surface area contributed by atoms with Crippen LogP contribution >= 0.6 is 0 Å². The number of ether oxygens (including phenoxy) is 1. The van der Waals surface area contributed by atoms with Crippen molar-refractivity contribution in [3.63, 3.8) is 0 Å². The first-order chi connectivity index (χ1) is 18.6. The average Bonchev–Trinajstić information content (AvgIpc) is 3.36. The summed E-state index contributed by atoms with van der Waals surface area (Å²) in [5.41, 5.74) is 5.74. The molecule has 0 N–H and O–H groups in total. The van der Waals surface area contributed by atoms with Crippen molar-refractivity contribution in [2.24, 2.45) is 5.92 Å². The van der Waals surface area contributed by atoms with Gasteiger partial charge >= 0.3 is 0 Å². The number of aromatic nitrogens is 1. The first-order valence-corrected chi connectivity index (χ1v) is 13.5. The van der Waals surface area contributed by atoms with Crippen LogP contribution in [0.2, 0.25) is 0 Å². The summed E-state index contributed by atoms with van der Waals surface area (Å²) in [6.07, 6.45) is 4.52. The second kappa shape index (κ2) is 12.3. The molecule has 1 aliphatic heterocycles. The van der Waals surface area contributed by atoms with E-state index >= 15 is 0 Å². The maximum Gasteiger partial charge on any atom is 0.175 e. The van der Waals surface area contributed by atoms with E-state index in [4.69, 9.17) is 9.26 Å². The Kier molecular flexibility index (Phi) is 8.37. The number of aryl methyl sites for hydroxylation is 1. The molecule has 0 saturated carbocycles. The minimum atomic E-state index is 0.333. The van der Waals surface area contributed by atoms with E-state index in [-0.39, 0.29) is 0 Å². The average molecular weight is 509 g/mol. The third-order valence-corrected chi connectivity index (χ3v) is 7.52. The van der Waals surface area contributed by atoms with Crippen LogP contribution in [-0.2, 0) is 26.1 Å². The molecule has 0 aliphatic carbocycles. The molecule has 0 amide bonds. The zero-order valence-corrected chi connectivity index (χ0v) is 22.4. The zero-order chi connectivity index (χ0) is 26.3. The molecule has 0 bridgehead atoms. The predicted octanol–water partition coefficient (Wildman–Crippen LogP) is 6.18. The fourth-order valence-electron chi connectivity index (χ4n) is 5.40. The molecule has 1 fully saturated rings. The largest absolute Gasteiger partial charge is 0.488 e. The molecule has 1 aromatic heterocycles. The number of rotatable bonds is 10. The molecule has 196 valence electrons. The third kappa shape index (κ3) is 6.24. The van der Waals surface area contributed by atoms with Crippen molar-refractivity contribution >= 4 is 11.0 Å². The number of hydrogen-bond acceptors (Lipinski definition) is 6. The first kappa shape index (κ1) is 26.0. The van der Waals surface area contributed by atoms with Gasteiger partial charge in [0.2, 0.25) is 0 Å². The van der Waals surface area contributed by atoms with Crippen molar-refractivity contribution in [1.29, 1.82) is 5.26 Å². The van der Waals surface area contributed by atoms with Gasteiger partial charge in [-0.2, -0.15) is 5.26 Å². The van der Waals surface area contributed by atoms with E-state index in [1.54, 1.807) is 0 Å². The highest BCUT2D eigenvalue weighted by molar-refractivity contribution is 5.84. The Morgan fingerprint density at radius 1 is 1.03 bits per heavy atom. The van der Waals surface area contributed by atoms with Crippen LogP contribution in [0.1, 0.15) is 47.2 Å². The summed E-state index contributed by atoms with van der Waals surface area (Å²) in [5.74, 6) is 1.49. The normalized spacial score (nSPS) is 14.7. The quantitative estimate of drug-likeness (QED) is 0.255. The number of benzene rings is 3. The van der Waals surface area contributed by atoms with Crippen LogP contribution < -0.4 is 4.74 Å². The minimum Gasteiger partial charge on any atom is -0.488 e. The summed E-state index contributed by atoms with van der Waals surface area (Å²) in [4.78, 5) is 4.68. The van der Waals surface area contributed by atoms with Gasteiger partial charge in [-0.05, 0) is 82.5 Å². The van der Waals surface area contributed by atoms with Crippen LogP contribution in [0.5, 0.6) is 5.75 Å². The summed E-state index contributed by atoms with van der Waals surface area (Å²) in [6.45, 7) is 4.37. The molecule has 0 unspecified atom stereocenters. The number of nitriles is 1. The molecule has 6 nitrogen and oxygen atoms in total. The lowest BCUT2D eigenvalue weighted by Gasteiger charge is -2.31. The van der Waals surface area contributed by atoms with E-state index in [0.717, 1.165) is 71.9 Å². The number of hydrogen-bond donors (Lipinski definition) is 0. The fraction of sp³-hybridized carbons (Fsp3) is 0.375. The molecule has 5 rings (SSSR count). The van der Waals surface area contributed by atoms with Crippen LogP contribution in [0.3, 0.4) is 0 Å². The zero-order valence-electron chi connectivity index (χ0n) is 22.4. The van der Waals surface area contributed by atoms with Gasteiger partial charge in [0, 0.05) is 24.0 Å². The predicted molar refractivity (Wildman–Crippen MR) is 150 cm³/mol. The van der Waals surface area contributed by atoms with Gasteiger partial charge in [0.25, 0.3) is 0 Å². The maximum absolute atomic E-state index is 9.41. The van der Waals surface area contributed by atoms with E-state index in [1.807, 2.05) is 44.4 Å². The van der Waals surface area contributed by atoms with Gasteiger partial charge in [0.15, 0.2) is 5.58 Å². The summed E-state index contributed by atoms with van der Waals surface area (Å²) in [7, 11) is 4.07. The summed E-state index contributed by atoms with van der Waals surface area (Å²) in [6, 6.07) is 24.7. The second-order valence-electron chi connectivity index (χ2n) is 10.6. The van der Waals surface area contributed by atoms with E-state index in [2.05, 4.69) is 57.4 Å². The number of nitrogens with zero attached hydrogens (tertiary/aromatic N) is 4. The maximum atomic E-state index is 9.41. The summed E-state index contributed by atoms with van der Waals surface area (Å²) in [5, 5.41) is 15.0. The fourth-order valence-corrected chi connectivity index (χ4v) is 5.40. The van der Waals surface area contributed by atoms with Crippen LogP contribution in [0.4, 0.5) is 0 Å². The van der Waals surface area contributed by atoms with Gasteiger partial charge in [-0.1, -0.05) is 53.7 Å². The molecule has 1 saturated heterocycles. The Morgan fingerprint density at radius 2 is 1.79 bits per heavy atom. The minimum absolute atomic E-state index is 0.333. The lowest BCUT2D eigenvalue weighted by molar-refractivity contribution is 0.172. The van der Waals surface area contributed by atoms with Crippen LogP contribution in [0.25, 0.3) is 11.0 Å². The van der Waals surface area contributed by atoms with Crippen molar-refractivity contribution in [2.75, 3.05) is 27.2 Å². The van der Waals surface area contributed by atoms with Crippen molar-refractivity contribution in [2.45, 2.75) is 45.4 Å². The van der Waals surface area contributed by atoms with E-state index in [9.17, 15) is 5.26 Å². The molecular weight excluding hydrogens is 472 g/mol. The molecule has 4 aromatic rings. The topological polar surface area (TPSA) is 65.5 Å². The van der Waals surface area contributed by atoms with Gasteiger partial charge in [-0.15, -0.1) is 0 Å². The Bertz CT molecular complexity index is 1380. The van der Waals surface area contributed by atoms with Crippen molar-refractivity contribution in [3.05, 3.63) is 94.7 Å². The molecule has 1 aliphatic rings. The molecule has 38 heavy (non-hydrogen) atoms. The van der Waals surface area contributed by atoms with Gasteiger partial charge in [0.05, 0.1) is 22.9 Å². The van der Waals surface area contributed by atoms with Gasteiger partial charge in [0.1, 0.15) is 12.4 Å². The van der Waals surface area contributed by atoms with Crippen LogP contribution in [-0.4, -0.2) is 42.1 Å². The first-order valence-electron chi connectivity index (χ1n) is 13.5. The van der Waals surface area contributed by atoms with Crippen LogP contribution in [0, 0.1) is 17.2 Å². The SMILES string of the molecule is CN(C)Cc1c(OCc2ccccc2C#N)ccc2c(CCC3CCN(Cc4ccccc4)CC3)noc12. The number of fused-ring (bicyclic) bond motifs is 1. The Labute approximate surface area is 225 Å². The van der Waals surface area contributed by atoms with Crippen molar-refractivity contribution in [3.8, 4) is 11.8 Å². The smallest absolute Gasteiger partial charge is 0.175 e. The number of piperidine rings is 1. The summed E-state index contributed by atoms with van der Waals surface area (Å²) < 4.78 is 12.1. The van der Waals surface area contributed by atoms with E-state index in [1.165, 1.54) is 18.4 Å². The highest BCUT2D eigenvalue weighted by Gasteiger charge is 2.22. The lowest BCUT2D eigenvalue weighted by atomic mass is 9.91. The van der Waals surface area contributed by atoms with Crippen molar-refractivity contribution in [1.82, 2.24) is 15.0 Å². The molecule has 2 heterocycles. The van der Waals surface area contributed by atoms with Crippen LogP contribution in [0.15, 0.2) is 71.3 Å². The van der Waals surface area contributed by atoms with E-state index in [0.29, 0.717) is 18.7 Å². The van der Waals surface area contributed by atoms with E-state index < -0.39 is 0 Å². The summed E-state index contributed by atoms with van der Waals surface area (Å²) >= 11 is 0. The third-order valence-electron chi connectivity index (χ3n) is 7.52. The standard InChI is InChI=1S/C32H36N4O2/c1-35(2)22-29-31(37-23-27-11-7-6-10-26(27)20-33)15-13-28-30(34-38-32(28)29)14-12-24-16-18-36(19-17-24)21-25-8-4-3-5-9-25/h3-11,13,15,24H,12,14,16-19,21-23H2,1-2H3. The highest BCUT2D eigenvalue weighted by Crippen LogP contribution is 2.33. The molecule has 6 heteroatoms.